The van der Waals surface area contributed by atoms with Gasteiger partial charge in [0.2, 0.25) is 0 Å². The standard InChI is InChI=1S/C14H16O3/c15-9-1-2-12-3-5-13(6-4-12)17-14-7-10-16-11-8-14/h1-6,9,14H,7-8,10-11H2/b2-1+. The van der Waals surface area contributed by atoms with Crippen molar-refractivity contribution in [2.45, 2.75) is 18.9 Å². The van der Waals surface area contributed by atoms with Crippen LogP contribution >= 0.6 is 0 Å². The molecule has 0 amide bonds. The smallest absolute Gasteiger partial charge is 0.142 e. The Balaban J connectivity index is 1.92. The Hall–Kier alpha value is -1.61. The fourth-order valence-electron chi connectivity index (χ4n) is 1.79. The summed E-state index contributed by atoms with van der Waals surface area (Å²) in [6.07, 6.45) is 6.19. The number of rotatable bonds is 4. The Bertz CT molecular complexity index is 375. The van der Waals surface area contributed by atoms with Gasteiger partial charge in [-0.1, -0.05) is 18.2 Å². The zero-order chi connectivity index (χ0) is 11.9. The Morgan fingerprint density at radius 2 is 1.88 bits per heavy atom. The lowest BCUT2D eigenvalue weighted by Gasteiger charge is -2.23. The average molecular weight is 232 g/mol. The van der Waals surface area contributed by atoms with E-state index in [2.05, 4.69) is 0 Å². The number of hydrogen-bond acceptors (Lipinski definition) is 3. The lowest BCUT2D eigenvalue weighted by atomic mass is 10.1. The highest BCUT2D eigenvalue weighted by Crippen LogP contribution is 2.18. The second kappa shape index (κ2) is 6.21. The van der Waals surface area contributed by atoms with Crippen molar-refractivity contribution in [2.24, 2.45) is 0 Å². The van der Waals surface area contributed by atoms with Crippen molar-refractivity contribution in [1.29, 1.82) is 0 Å². The number of allylic oxidation sites excluding steroid dienone is 1. The summed E-state index contributed by atoms with van der Waals surface area (Å²) in [4.78, 5) is 10.2. The fourth-order valence-corrected chi connectivity index (χ4v) is 1.79. The summed E-state index contributed by atoms with van der Waals surface area (Å²) >= 11 is 0. The Morgan fingerprint density at radius 1 is 1.18 bits per heavy atom. The zero-order valence-electron chi connectivity index (χ0n) is 9.67. The largest absolute Gasteiger partial charge is 0.490 e. The first kappa shape index (κ1) is 11.9. The lowest BCUT2D eigenvalue weighted by molar-refractivity contribution is -0.104. The highest BCUT2D eigenvalue weighted by molar-refractivity contribution is 5.73. The average Bonchev–Trinajstić information content (AvgIpc) is 2.39. The van der Waals surface area contributed by atoms with Gasteiger partial charge in [0.05, 0.1) is 13.2 Å². The molecule has 3 nitrogen and oxygen atoms in total. The Morgan fingerprint density at radius 3 is 2.53 bits per heavy atom. The molecule has 1 fully saturated rings. The fraction of sp³-hybridized carbons (Fsp3) is 0.357. The minimum absolute atomic E-state index is 0.264. The van der Waals surface area contributed by atoms with Crippen molar-refractivity contribution in [3.63, 3.8) is 0 Å². The summed E-state index contributed by atoms with van der Waals surface area (Å²) < 4.78 is 11.1. The minimum atomic E-state index is 0.264. The van der Waals surface area contributed by atoms with Gasteiger partial charge < -0.3 is 9.47 Å². The van der Waals surface area contributed by atoms with E-state index in [-0.39, 0.29) is 6.10 Å². The van der Waals surface area contributed by atoms with Gasteiger partial charge in [-0.2, -0.15) is 0 Å². The summed E-state index contributed by atoms with van der Waals surface area (Å²) in [5.41, 5.74) is 0.997. The van der Waals surface area contributed by atoms with Gasteiger partial charge >= 0.3 is 0 Å². The highest BCUT2D eigenvalue weighted by atomic mass is 16.5. The second-order valence-corrected chi connectivity index (χ2v) is 3.99. The van der Waals surface area contributed by atoms with Gasteiger partial charge in [0.1, 0.15) is 18.1 Å². The van der Waals surface area contributed by atoms with Crippen LogP contribution in [0, 0.1) is 0 Å². The predicted octanol–water partition coefficient (Wildman–Crippen LogP) is 2.46. The van der Waals surface area contributed by atoms with Crippen LogP contribution < -0.4 is 4.74 Å². The van der Waals surface area contributed by atoms with E-state index in [9.17, 15) is 4.79 Å². The quantitative estimate of drug-likeness (QED) is 0.591. The lowest BCUT2D eigenvalue weighted by Crippen LogP contribution is -2.25. The minimum Gasteiger partial charge on any atom is -0.490 e. The molecule has 3 heteroatoms. The normalized spacial score (nSPS) is 17.2. The highest BCUT2D eigenvalue weighted by Gasteiger charge is 2.14. The first-order chi connectivity index (χ1) is 8.38. The molecule has 0 spiro atoms. The van der Waals surface area contributed by atoms with Crippen LogP contribution in [0.1, 0.15) is 18.4 Å². The van der Waals surface area contributed by atoms with E-state index in [4.69, 9.17) is 9.47 Å². The number of hydrogen-bond donors (Lipinski definition) is 0. The molecule has 1 aliphatic rings. The molecule has 0 aliphatic carbocycles. The Labute approximate surface area is 101 Å². The number of aldehydes is 1. The zero-order valence-corrected chi connectivity index (χ0v) is 9.67. The molecular weight excluding hydrogens is 216 g/mol. The van der Waals surface area contributed by atoms with Crippen LogP contribution in [0.3, 0.4) is 0 Å². The molecule has 90 valence electrons. The molecule has 0 N–H and O–H groups in total. The van der Waals surface area contributed by atoms with Gasteiger partial charge in [-0.3, -0.25) is 4.79 Å². The van der Waals surface area contributed by atoms with Gasteiger partial charge in [0, 0.05) is 12.8 Å². The number of carbonyl (C=O) groups excluding carboxylic acids is 1. The van der Waals surface area contributed by atoms with Crippen LogP contribution in [0.15, 0.2) is 30.3 Å². The maximum atomic E-state index is 10.2. The topological polar surface area (TPSA) is 35.5 Å². The molecule has 17 heavy (non-hydrogen) atoms. The summed E-state index contributed by atoms with van der Waals surface area (Å²) in [6, 6.07) is 7.74. The summed E-state index contributed by atoms with van der Waals surface area (Å²) in [5, 5.41) is 0. The molecule has 1 saturated heterocycles. The molecule has 0 saturated carbocycles. The molecule has 0 radical (unpaired) electrons. The van der Waals surface area contributed by atoms with Crippen molar-refractivity contribution in [1.82, 2.24) is 0 Å². The molecular formula is C14H16O3. The van der Waals surface area contributed by atoms with E-state index >= 15 is 0 Å². The molecule has 0 unspecified atom stereocenters. The van der Waals surface area contributed by atoms with Crippen molar-refractivity contribution in [3.05, 3.63) is 35.9 Å². The summed E-state index contributed by atoms with van der Waals surface area (Å²) in [6.45, 7) is 1.57. The number of ether oxygens (including phenoxy) is 2. The van der Waals surface area contributed by atoms with E-state index in [0.29, 0.717) is 0 Å². The molecule has 1 aliphatic heterocycles. The Kier molecular flexibility index (Phi) is 4.33. The maximum absolute atomic E-state index is 10.2. The van der Waals surface area contributed by atoms with Gasteiger partial charge in [0.15, 0.2) is 0 Å². The predicted molar refractivity (Wildman–Crippen MR) is 66.0 cm³/mol. The van der Waals surface area contributed by atoms with Gasteiger partial charge in [0.25, 0.3) is 0 Å². The third-order valence-electron chi connectivity index (χ3n) is 2.72. The van der Waals surface area contributed by atoms with E-state index < -0.39 is 0 Å². The van der Waals surface area contributed by atoms with Crippen molar-refractivity contribution < 1.29 is 14.3 Å². The number of carbonyl (C=O) groups is 1. The molecule has 1 aromatic rings. The van der Waals surface area contributed by atoms with E-state index in [1.807, 2.05) is 24.3 Å². The van der Waals surface area contributed by atoms with E-state index in [0.717, 1.165) is 43.7 Å². The van der Waals surface area contributed by atoms with Crippen LogP contribution in [0.25, 0.3) is 6.08 Å². The van der Waals surface area contributed by atoms with Gasteiger partial charge in [-0.15, -0.1) is 0 Å². The molecule has 2 rings (SSSR count). The van der Waals surface area contributed by atoms with Crippen LogP contribution in [0.5, 0.6) is 5.75 Å². The molecule has 0 bridgehead atoms. The third kappa shape index (κ3) is 3.71. The van der Waals surface area contributed by atoms with Crippen LogP contribution in [-0.2, 0) is 9.53 Å². The summed E-state index contributed by atoms with van der Waals surface area (Å²) in [5.74, 6) is 0.875. The maximum Gasteiger partial charge on any atom is 0.142 e. The van der Waals surface area contributed by atoms with Crippen molar-refractivity contribution in [3.8, 4) is 5.75 Å². The molecule has 0 aromatic heterocycles. The van der Waals surface area contributed by atoms with Crippen LogP contribution in [0.2, 0.25) is 0 Å². The second-order valence-electron chi connectivity index (χ2n) is 3.99. The van der Waals surface area contributed by atoms with Crippen molar-refractivity contribution in [2.75, 3.05) is 13.2 Å². The number of benzene rings is 1. The van der Waals surface area contributed by atoms with Crippen LogP contribution in [0.4, 0.5) is 0 Å². The monoisotopic (exact) mass is 232 g/mol. The van der Waals surface area contributed by atoms with E-state index in [1.165, 1.54) is 6.08 Å². The van der Waals surface area contributed by atoms with Gasteiger partial charge in [-0.05, 0) is 23.8 Å². The first-order valence-corrected chi connectivity index (χ1v) is 5.85. The molecule has 1 aromatic carbocycles. The van der Waals surface area contributed by atoms with E-state index in [1.54, 1.807) is 6.08 Å². The SMILES string of the molecule is O=C/C=C/c1ccc(OC2CCOCC2)cc1. The molecule has 0 atom stereocenters. The molecule has 1 heterocycles. The third-order valence-corrected chi connectivity index (χ3v) is 2.72. The first-order valence-electron chi connectivity index (χ1n) is 5.85. The van der Waals surface area contributed by atoms with Gasteiger partial charge in [-0.25, -0.2) is 0 Å². The van der Waals surface area contributed by atoms with Crippen molar-refractivity contribution >= 4 is 12.4 Å². The summed E-state index contributed by atoms with van der Waals surface area (Å²) in [7, 11) is 0. The van der Waals surface area contributed by atoms with Crippen LogP contribution in [-0.4, -0.2) is 25.6 Å².